The number of hydrogen-bond acceptors (Lipinski definition) is 6. The van der Waals surface area contributed by atoms with Crippen LogP contribution < -0.4 is 0 Å². The van der Waals surface area contributed by atoms with E-state index in [4.69, 9.17) is 0 Å². The molecule has 0 heterocycles. The number of hydrogen-bond donors (Lipinski definition) is 1. The Morgan fingerprint density at radius 1 is 1.07 bits per heavy atom. The first-order valence-corrected chi connectivity index (χ1v) is 7.69. The Bertz CT molecular complexity index is 776. The predicted octanol–water partition coefficient (Wildman–Crippen LogP) is 3.02. The number of esters is 2. The summed E-state index contributed by atoms with van der Waals surface area (Å²) in [6.07, 6.45) is 0.773. The molecule has 0 fully saturated rings. The predicted molar refractivity (Wildman–Crippen MR) is 87.2 cm³/mol. The maximum atomic E-state index is 14.1. The van der Waals surface area contributed by atoms with E-state index in [-0.39, 0.29) is 19.8 Å². The van der Waals surface area contributed by atoms with Gasteiger partial charge in [-0.05, 0) is 13.8 Å². The number of aliphatic hydroxyl groups is 1. The zero-order chi connectivity index (χ0) is 20.7. The van der Waals surface area contributed by atoms with Gasteiger partial charge >= 0.3 is 11.9 Å². The van der Waals surface area contributed by atoms with E-state index >= 15 is 0 Å². The molecular formula is C17H17F4NO5. The van der Waals surface area contributed by atoms with E-state index in [0.717, 1.165) is 13.1 Å². The van der Waals surface area contributed by atoms with Gasteiger partial charge < -0.3 is 14.6 Å². The highest BCUT2D eigenvalue weighted by molar-refractivity contribution is 6.15. The van der Waals surface area contributed by atoms with Crippen LogP contribution in [0.2, 0.25) is 0 Å². The maximum absolute atomic E-state index is 14.1. The SMILES string of the molecule is CCOC(=O)C(C=NCCOC(C)=O)=C(O)c1c(C)c(F)c(F)c(F)c1F. The average molecular weight is 391 g/mol. The standard InChI is InChI=1S/C17H17F4NO5/c1-4-26-17(25)10(7-22-5-6-27-9(3)23)16(24)11-8(2)12(18)14(20)15(21)13(11)19/h7,24H,4-6H2,1-3H3. The fraction of sp³-hybridized carbons (Fsp3) is 0.353. The van der Waals surface area contributed by atoms with E-state index in [1.54, 1.807) is 0 Å². The second-order valence-corrected chi connectivity index (χ2v) is 5.11. The van der Waals surface area contributed by atoms with Gasteiger partial charge in [-0.2, -0.15) is 0 Å². The summed E-state index contributed by atoms with van der Waals surface area (Å²) in [5.41, 5.74) is -2.51. The Labute approximate surface area is 152 Å². The molecule has 0 aliphatic heterocycles. The highest BCUT2D eigenvalue weighted by Gasteiger charge is 2.28. The minimum absolute atomic E-state index is 0.121. The summed E-state index contributed by atoms with van der Waals surface area (Å²) in [7, 11) is 0. The van der Waals surface area contributed by atoms with Gasteiger partial charge in [0, 0.05) is 18.7 Å². The normalized spacial score (nSPS) is 12.1. The molecule has 1 aromatic rings. The Morgan fingerprint density at radius 2 is 1.67 bits per heavy atom. The molecule has 10 heteroatoms. The van der Waals surface area contributed by atoms with Crippen LogP contribution in [0.1, 0.15) is 25.0 Å². The van der Waals surface area contributed by atoms with Crippen molar-refractivity contribution >= 4 is 23.9 Å². The lowest BCUT2D eigenvalue weighted by Gasteiger charge is -2.12. The number of carbonyl (C=O) groups is 2. The molecule has 0 aliphatic rings. The van der Waals surface area contributed by atoms with Crippen LogP contribution >= 0.6 is 0 Å². The molecule has 0 atom stereocenters. The summed E-state index contributed by atoms with van der Waals surface area (Å²) >= 11 is 0. The Kier molecular flexibility index (Phi) is 7.95. The van der Waals surface area contributed by atoms with Gasteiger partial charge in [-0.25, -0.2) is 22.4 Å². The minimum atomic E-state index is -2.14. The number of ether oxygens (including phenoxy) is 2. The number of halogens is 4. The largest absolute Gasteiger partial charge is 0.506 e. The van der Waals surface area contributed by atoms with Crippen molar-refractivity contribution in [3.63, 3.8) is 0 Å². The summed E-state index contributed by atoms with van der Waals surface area (Å²) in [6.45, 7) is 3.13. The van der Waals surface area contributed by atoms with Crippen LogP contribution in [-0.4, -0.2) is 43.0 Å². The lowest BCUT2D eigenvalue weighted by atomic mass is 10.0. The first-order chi connectivity index (χ1) is 12.6. The molecule has 0 radical (unpaired) electrons. The van der Waals surface area contributed by atoms with Gasteiger partial charge in [0.2, 0.25) is 0 Å². The van der Waals surface area contributed by atoms with E-state index in [9.17, 15) is 32.3 Å². The molecule has 6 nitrogen and oxygen atoms in total. The second-order valence-electron chi connectivity index (χ2n) is 5.11. The van der Waals surface area contributed by atoms with Gasteiger partial charge in [-0.3, -0.25) is 9.79 Å². The van der Waals surface area contributed by atoms with Crippen LogP contribution in [0, 0.1) is 30.2 Å². The summed E-state index contributed by atoms with van der Waals surface area (Å²) in [5, 5.41) is 10.2. The molecule has 0 spiro atoms. The Hall–Kier alpha value is -2.91. The van der Waals surface area contributed by atoms with Crippen molar-refractivity contribution in [2.24, 2.45) is 4.99 Å². The van der Waals surface area contributed by atoms with Gasteiger partial charge in [0.1, 0.15) is 17.9 Å². The summed E-state index contributed by atoms with van der Waals surface area (Å²) < 4.78 is 63.9. The van der Waals surface area contributed by atoms with Crippen molar-refractivity contribution in [3.05, 3.63) is 40.0 Å². The van der Waals surface area contributed by atoms with Crippen molar-refractivity contribution in [2.45, 2.75) is 20.8 Å². The zero-order valence-corrected chi connectivity index (χ0v) is 14.7. The van der Waals surface area contributed by atoms with E-state index < -0.39 is 57.7 Å². The third-order valence-electron chi connectivity index (χ3n) is 3.24. The van der Waals surface area contributed by atoms with Gasteiger partial charge in [-0.15, -0.1) is 0 Å². The minimum Gasteiger partial charge on any atom is -0.506 e. The lowest BCUT2D eigenvalue weighted by molar-refractivity contribution is -0.140. The number of carbonyl (C=O) groups excluding carboxylic acids is 2. The fourth-order valence-electron chi connectivity index (χ4n) is 1.97. The number of nitrogens with zero attached hydrogens (tertiary/aromatic N) is 1. The van der Waals surface area contributed by atoms with Crippen molar-refractivity contribution < 1.29 is 41.7 Å². The topological polar surface area (TPSA) is 85.2 Å². The summed E-state index contributed by atoms with van der Waals surface area (Å²) in [6, 6.07) is 0. The Balaban J connectivity index is 3.42. The molecule has 0 saturated heterocycles. The molecule has 1 rings (SSSR count). The molecule has 0 amide bonds. The van der Waals surface area contributed by atoms with Crippen LogP contribution in [0.25, 0.3) is 5.76 Å². The molecule has 0 bridgehead atoms. The molecular weight excluding hydrogens is 374 g/mol. The molecule has 0 aromatic heterocycles. The van der Waals surface area contributed by atoms with Crippen molar-refractivity contribution in [3.8, 4) is 0 Å². The quantitative estimate of drug-likeness (QED) is 0.113. The average Bonchev–Trinajstić information content (AvgIpc) is 2.61. The van der Waals surface area contributed by atoms with Crippen LogP contribution in [-0.2, 0) is 19.1 Å². The lowest BCUT2D eigenvalue weighted by Crippen LogP contribution is -2.14. The summed E-state index contributed by atoms with van der Waals surface area (Å²) in [5.74, 6) is -10.7. The van der Waals surface area contributed by atoms with Gasteiger partial charge in [0.25, 0.3) is 0 Å². The highest BCUT2D eigenvalue weighted by Crippen LogP contribution is 2.29. The van der Waals surface area contributed by atoms with E-state index in [1.807, 2.05) is 0 Å². The molecule has 1 N–H and O–H groups in total. The Morgan fingerprint density at radius 3 is 2.22 bits per heavy atom. The highest BCUT2D eigenvalue weighted by atomic mass is 19.2. The first-order valence-electron chi connectivity index (χ1n) is 7.69. The van der Waals surface area contributed by atoms with Crippen molar-refractivity contribution in [1.82, 2.24) is 0 Å². The van der Waals surface area contributed by atoms with Crippen molar-refractivity contribution in [2.75, 3.05) is 19.8 Å². The molecule has 0 aliphatic carbocycles. The number of rotatable bonds is 7. The van der Waals surface area contributed by atoms with Gasteiger partial charge in [0.15, 0.2) is 23.3 Å². The van der Waals surface area contributed by atoms with Gasteiger partial charge in [-0.1, -0.05) is 0 Å². The fourth-order valence-corrected chi connectivity index (χ4v) is 1.97. The number of benzene rings is 1. The number of aliphatic imine (C=N–C) groups is 1. The second kappa shape index (κ2) is 9.70. The van der Waals surface area contributed by atoms with Crippen LogP contribution in [0.5, 0.6) is 0 Å². The van der Waals surface area contributed by atoms with Crippen molar-refractivity contribution in [1.29, 1.82) is 0 Å². The third kappa shape index (κ3) is 5.28. The van der Waals surface area contributed by atoms with Crippen LogP contribution in [0.3, 0.4) is 0 Å². The smallest absolute Gasteiger partial charge is 0.343 e. The first kappa shape index (κ1) is 22.1. The summed E-state index contributed by atoms with van der Waals surface area (Å²) in [4.78, 5) is 26.4. The monoisotopic (exact) mass is 391 g/mol. The van der Waals surface area contributed by atoms with Gasteiger partial charge in [0.05, 0.1) is 18.7 Å². The zero-order valence-electron chi connectivity index (χ0n) is 14.7. The van der Waals surface area contributed by atoms with Crippen LogP contribution in [0.15, 0.2) is 10.6 Å². The maximum Gasteiger partial charge on any atom is 0.343 e. The molecule has 0 saturated carbocycles. The van der Waals surface area contributed by atoms with E-state index in [0.29, 0.717) is 0 Å². The molecule has 1 aromatic carbocycles. The number of aliphatic hydroxyl groups excluding tert-OH is 1. The molecule has 0 unspecified atom stereocenters. The van der Waals surface area contributed by atoms with Crippen LogP contribution in [0.4, 0.5) is 17.6 Å². The van der Waals surface area contributed by atoms with E-state index in [1.165, 1.54) is 13.8 Å². The molecule has 27 heavy (non-hydrogen) atoms. The third-order valence-corrected chi connectivity index (χ3v) is 3.24. The molecule has 148 valence electrons. The van der Waals surface area contributed by atoms with E-state index in [2.05, 4.69) is 14.5 Å².